The van der Waals surface area contributed by atoms with Crippen molar-refractivity contribution >= 4 is 28.6 Å². The van der Waals surface area contributed by atoms with Crippen molar-refractivity contribution in [3.8, 4) is 0 Å². The number of halogens is 1. The molecular weight excluding hydrogens is 204 g/mol. The van der Waals surface area contributed by atoms with Gasteiger partial charge < -0.3 is 5.11 Å². The number of carboxylic acids is 1. The summed E-state index contributed by atoms with van der Waals surface area (Å²) < 4.78 is 0. The van der Waals surface area contributed by atoms with Crippen LogP contribution in [0.15, 0.2) is 24.4 Å². The molecule has 0 saturated heterocycles. The Hall–Kier alpha value is -1.68. The minimum atomic E-state index is -1.10. The summed E-state index contributed by atoms with van der Waals surface area (Å²) in [5, 5.41) is 8.76. The molecule has 2 aromatic rings. The van der Waals surface area contributed by atoms with Gasteiger partial charge in [-0.15, -0.1) is 0 Å². The molecule has 2 rings (SSSR count). The molecule has 1 N–H and O–H groups in total. The van der Waals surface area contributed by atoms with E-state index in [2.05, 4.69) is 9.97 Å². The number of aromatic nitrogens is 2. The van der Waals surface area contributed by atoms with Crippen LogP contribution in [-0.4, -0.2) is 21.0 Å². The van der Waals surface area contributed by atoms with Gasteiger partial charge in [-0.1, -0.05) is 11.6 Å². The third-order valence-corrected chi connectivity index (χ3v) is 2.06. The Kier molecular flexibility index (Phi) is 2.05. The van der Waals surface area contributed by atoms with Crippen molar-refractivity contribution in [1.29, 1.82) is 0 Å². The SMILES string of the molecule is O=C(O)c1cc2ncccc2nc1Cl. The maximum absolute atomic E-state index is 10.7. The van der Waals surface area contributed by atoms with Gasteiger partial charge in [0.1, 0.15) is 5.15 Å². The first-order chi connectivity index (χ1) is 6.68. The van der Waals surface area contributed by atoms with E-state index >= 15 is 0 Å². The smallest absolute Gasteiger partial charge is 0.338 e. The molecule has 0 aliphatic carbocycles. The highest BCUT2D eigenvalue weighted by Crippen LogP contribution is 2.18. The minimum absolute atomic E-state index is 0.0157. The predicted molar refractivity (Wildman–Crippen MR) is 51.5 cm³/mol. The van der Waals surface area contributed by atoms with Crippen LogP contribution in [-0.2, 0) is 0 Å². The molecule has 0 spiro atoms. The van der Waals surface area contributed by atoms with E-state index in [1.165, 1.54) is 6.07 Å². The molecule has 0 bridgehead atoms. The molecule has 0 saturated carbocycles. The molecule has 4 nitrogen and oxygen atoms in total. The molecule has 0 fully saturated rings. The normalized spacial score (nSPS) is 10.4. The molecule has 2 heterocycles. The molecule has 0 aliphatic rings. The fraction of sp³-hybridized carbons (Fsp3) is 0. The van der Waals surface area contributed by atoms with Crippen molar-refractivity contribution in [2.24, 2.45) is 0 Å². The van der Waals surface area contributed by atoms with Gasteiger partial charge in [0, 0.05) is 6.20 Å². The minimum Gasteiger partial charge on any atom is -0.478 e. The van der Waals surface area contributed by atoms with Crippen molar-refractivity contribution < 1.29 is 9.90 Å². The molecule has 0 unspecified atom stereocenters. The summed E-state index contributed by atoms with van der Waals surface area (Å²) in [6.45, 7) is 0. The Morgan fingerprint density at radius 3 is 2.93 bits per heavy atom. The second-order valence-electron chi connectivity index (χ2n) is 2.67. The number of aromatic carboxylic acids is 1. The van der Waals surface area contributed by atoms with Gasteiger partial charge in [0.25, 0.3) is 0 Å². The van der Waals surface area contributed by atoms with Gasteiger partial charge in [-0.05, 0) is 18.2 Å². The van der Waals surface area contributed by atoms with E-state index < -0.39 is 5.97 Å². The third-order valence-electron chi connectivity index (χ3n) is 1.77. The zero-order valence-corrected chi connectivity index (χ0v) is 7.69. The van der Waals surface area contributed by atoms with Crippen molar-refractivity contribution in [3.63, 3.8) is 0 Å². The van der Waals surface area contributed by atoms with Crippen molar-refractivity contribution in [2.45, 2.75) is 0 Å². The van der Waals surface area contributed by atoms with E-state index in [1.807, 2.05) is 0 Å². The molecule has 5 heteroatoms. The quantitative estimate of drug-likeness (QED) is 0.728. The third kappa shape index (κ3) is 1.40. The van der Waals surface area contributed by atoms with Crippen LogP contribution in [0.3, 0.4) is 0 Å². The Balaban J connectivity index is 2.77. The maximum atomic E-state index is 10.7. The Morgan fingerprint density at radius 1 is 1.43 bits per heavy atom. The molecule has 14 heavy (non-hydrogen) atoms. The zero-order valence-electron chi connectivity index (χ0n) is 6.94. The van der Waals surface area contributed by atoms with Crippen LogP contribution in [0.25, 0.3) is 11.0 Å². The first kappa shape index (κ1) is 8.90. The Labute approximate surface area is 84.2 Å². The predicted octanol–water partition coefficient (Wildman–Crippen LogP) is 1.98. The van der Waals surface area contributed by atoms with E-state index in [-0.39, 0.29) is 10.7 Å². The highest BCUT2D eigenvalue weighted by atomic mass is 35.5. The van der Waals surface area contributed by atoms with Gasteiger partial charge >= 0.3 is 5.97 Å². The summed E-state index contributed by atoms with van der Waals surface area (Å²) in [6, 6.07) is 4.85. The van der Waals surface area contributed by atoms with E-state index in [1.54, 1.807) is 18.3 Å². The standard InChI is InChI=1S/C9H5ClN2O2/c10-8-5(9(13)14)4-7-6(12-8)2-1-3-11-7/h1-4H,(H,13,14). The fourth-order valence-corrected chi connectivity index (χ4v) is 1.35. The Bertz CT molecular complexity index is 513. The number of rotatable bonds is 1. The average Bonchev–Trinajstić information content (AvgIpc) is 2.16. The molecule has 2 aromatic heterocycles. The largest absolute Gasteiger partial charge is 0.478 e. The maximum Gasteiger partial charge on any atom is 0.338 e. The summed E-state index contributed by atoms with van der Waals surface area (Å²) in [5.41, 5.74) is 1.08. The summed E-state index contributed by atoms with van der Waals surface area (Å²) in [7, 11) is 0. The highest BCUT2D eigenvalue weighted by Gasteiger charge is 2.11. The zero-order chi connectivity index (χ0) is 10.1. The second-order valence-corrected chi connectivity index (χ2v) is 3.03. The highest BCUT2D eigenvalue weighted by molar-refractivity contribution is 6.32. The van der Waals surface area contributed by atoms with Gasteiger partial charge in [0.2, 0.25) is 0 Å². The number of pyridine rings is 2. The summed E-state index contributed by atoms with van der Waals surface area (Å²) in [4.78, 5) is 18.6. The van der Waals surface area contributed by atoms with Gasteiger partial charge in [0.15, 0.2) is 0 Å². The number of hydrogen-bond acceptors (Lipinski definition) is 3. The van der Waals surface area contributed by atoms with Crippen LogP contribution in [0, 0.1) is 0 Å². The summed E-state index contributed by atoms with van der Waals surface area (Å²) >= 11 is 5.68. The summed E-state index contributed by atoms with van der Waals surface area (Å²) in [5.74, 6) is -1.10. The van der Waals surface area contributed by atoms with Crippen molar-refractivity contribution in [2.75, 3.05) is 0 Å². The number of fused-ring (bicyclic) bond motifs is 1. The number of carboxylic acid groups (broad SMARTS) is 1. The van der Waals surface area contributed by atoms with Crippen LogP contribution < -0.4 is 0 Å². The number of nitrogens with zero attached hydrogens (tertiary/aromatic N) is 2. The summed E-state index contributed by atoms with van der Waals surface area (Å²) in [6.07, 6.45) is 1.57. The number of hydrogen-bond donors (Lipinski definition) is 1. The molecule has 0 atom stereocenters. The van der Waals surface area contributed by atoms with Crippen LogP contribution in [0.2, 0.25) is 5.15 Å². The molecule has 0 aliphatic heterocycles. The lowest BCUT2D eigenvalue weighted by atomic mass is 10.2. The molecule has 0 amide bonds. The first-order valence-corrected chi connectivity index (χ1v) is 4.21. The van der Waals surface area contributed by atoms with Crippen LogP contribution in [0.1, 0.15) is 10.4 Å². The van der Waals surface area contributed by atoms with E-state index in [4.69, 9.17) is 16.7 Å². The fourth-order valence-electron chi connectivity index (χ4n) is 1.13. The van der Waals surface area contributed by atoms with Gasteiger partial charge in [0.05, 0.1) is 16.6 Å². The molecule has 0 radical (unpaired) electrons. The van der Waals surface area contributed by atoms with Crippen LogP contribution in [0.5, 0.6) is 0 Å². The van der Waals surface area contributed by atoms with Crippen LogP contribution in [0.4, 0.5) is 0 Å². The van der Waals surface area contributed by atoms with Crippen molar-refractivity contribution in [3.05, 3.63) is 35.1 Å². The van der Waals surface area contributed by atoms with E-state index in [0.29, 0.717) is 11.0 Å². The van der Waals surface area contributed by atoms with E-state index in [0.717, 1.165) is 0 Å². The Morgan fingerprint density at radius 2 is 2.21 bits per heavy atom. The second kappa shape index (κ2) is 3.23. The lowest BCUT2D eigenvalue weighted by Gasteiger charge is -2.00. The monoisotopic (exact) mass is 208 g/mol. The van der Waals surface area contributed by atoms with Gasteiger partial charge in [-0.3, -0.25) is 4.98 Å². The number of carbonyl (C=O) groups is 1. The lowest BCUT2D eigenvalue weighted by molar-refractivity contribution is 0.0697. The lowest BCUT2D eigenvalue weighted by Crippen LogP contribution is -1.99. The van der Waals surface area contributed by atoms with Gasteiger partial charge in [-0.25, -0.2) is 9.78 Å². The first-order valence-electron chi connectivity index (χ1n) is 3.83. The average molecular weight is 209 g/mol. The topological polar surface area (TPSA) is 63.1 Å². The van der Waals surface area contributed by atoms with Crippen LogP contribution >= 0.6 is 11.6 Å². The molecule has 0 aromatic carbocycles. The van der Waals surface area contributed by atoms with Gasteiger partial charge in [-0.2, -0.15) is 0 Å². The van der Waals surface area contributed by atoms with E-state index in [9.17, 15) is 4.79 Å². The van der Waals surface area contributed by atoms with Crippen molar-refractivity contribution in [1.82, 2.24) is 9.97 Å². The molecular formula is C9H5ClN2O2. The molecule has 70 valence electrons.